The van der Waals surface area contributed by atoms with E-state index in [1.807, 2.05) is 6.92 Å². The lowest BCUT2D eigenvalue weighted by atomic mass is 9.86. The standard InChI is InChI=1S/C13H18FNO/c1-9-7-12(16-2)11(14)8-10(9)13(15)5-3-4-6-13/h7-8H,3-6,15H2,1-2H3. The number of aryl methyl sites for hydroxylation is 1. The third kappa shape index (κ3) is 1.80. The van der Waals surface area contributed by atoms with Crippen LogP contribution in [0, 0.1) is 12.7 Å². The predicted molar refractivity (Wildman–Crippen MR) is 62.0 cm³/mol. The van der Waals surface area contributed by atoms with Crippen LogP contribution in [0.25, 0.3) is 0 Å². The van der Waals surface area contributed by atoms with Crippen LogP contribution >= 0.6 is 0 Å². The fourth-order valence-electron chi connectivity index (χ4n) is 2.62. The van der Waals surface area contributed by atoms with Crippen molar-refractivity contribution in [1.82, 2.24) is 0 Å². The van der Waals surface area contributed by atoms with E-state index in [4.69, 9.17) is 10.5 Å². The summed E-state index contributed by atoms with van der Waals surface area (Å²) in [5, 5.41) is 0. The molecule has 0 atom stereocenters. The molecular weight excluding hydrogens is 205 g/mol. The second-order valence-corrected chi connectivity index (χ2v) is 4.66. The van der Waals surface area contributed by atoms with Crippen LogP contribution < -0.4 is 10.5 Å². The Kier molecular flexibility index (Phi) is 2.89. The molecule has 0 bridgehead atoms. The summed E-state index contributed by atoms with van der Waals surface area (Å²) in [6.07, 6.45) is 4.15. The predicted octanol–water partition coefficient (Wildman–Crippen LogP) is 2.87. The molecule has 1 aliphatic rings. The second kappa shape index (κ2) is 4.06. The van der Waals surface area contributed by atoms with Crippen molar-refractivity contribution < 1.29 is 9.13 Å². The van der Waals surface area contributed by atoms with Gasteiger partial charge in [0.2, 0.25) is 0 Å². The van der Waals surface area contributed by atoms with E-state index in [9.17, 15) is 4.39 Å². The molecular formula is C13H18FNO. The lowest BCUT2D eigenvalue weighted by molar-refractivity contribution is 0.382. The van der Waals surface area contributed by atoms with Crippen molar-refractivity contribution in [1.29, 1.82) is 0 Å². The van der Waals surface area contributed by atoms with Gasteiger partial charge in [-0.3, -0.25) is 0 Å². The Morgan fingerprint density at radius 1 is 1.31 bits per heavy atom. The molecule has 1 aromatic carbocycles. The zero-order valence-corrected chi connectivity index (χ0v) is 9.85. The highest BCUT2D eigenvalue weighted by Crippen LogP contribution is 2.39. The van der Waals surface area contributed by atoms with Crippen LogP contribution in [0.3, 0.4) is 0 Å². The van der Waals surface area contributed by atoms with Crippen molar-refractivity contribution in [2.24, 2.45) is 5.73 Å². The van der Waals surface area contributed by atoms with E-state index in [1.165, 1.54) is 7.11 Å². The molecule has 0 radical (unpaired) electrons. The van der Waals surface area contributed by atoms with Crippen molar-refractivity contribution in [2.75, 3.05) is 7.11 Å². The molecule has 1 aromatic rings. The minimum absolute atomic E-state index is 0.294. The van der Waals surface area contributed by atoms with Gasteiger partial charge in [-0.25, -0.2) is 4.39 Å². The van der Waals surface area contributed by atoms with E-state index >= 15 is 0 Å². The van der Waals surface area contributed by atoms with Crippen LogP contribution in [0.15, 0.2) is 12.1 Å². The maximum atomic E-state index is 13.7. The van der Waals surface area contributed by atoms with Gasteiger partial charge in [0.15, 0.2) is 11.6 Å². The van der Waals surface area contributed by atoms with Gasteiger partial charge >= 0.3 is 0 Å². The molecule has 0 amide bonds. The first kappa shape index (κ1) is 11.4. The van der Waals surface area contributed by atoms with Crippen LogP contribution in [-0.4, -0.2) is 7.11 Å². The zero-order valence-electron chi connectivity index (χ0n) is 9.85. The Bertz CT molecular complexity index is 397. The molecule has 2 rings (SSSR count). The molecule has 1 saturated carbocycles. The number of benzene rings is 1. The summed E-state index contributed by atoms with van der Waals surface area (Å²) in [4.78, 5) is 0. The Hall–Kier alpha value is -1.09. The van der Waals surface area contributed by atoms with Crippen LogP contribution in [0.5, 0.6) is 5.75 Å². The fraction of sp³-hybridized carbons (Fsp3) is 0.538. The van der Waals surface area contributed by atoms with Crippen molar-refractivity contribution in [2.45, 2.75) is 38.1 Å². The van der Waals surface area contributed by atoms with E-state index in [0.29, 0.717) is 5.75 Å². The van der Waals surface area contributed by atoms with E-state index in [2.05, 4.69) is 0 Å². The second-order valence-electron chi connectivity index (χ2n) is 4.66. The molecule has 0 aliphatic heterocycles. The Morgan fingerprint density at radius 2 is 1.94 bits per heavy atom. The first-order valence-electron chi connectivity index (χ1n) is 5.70. The molecule has 16 heavy (non-hydrogen) atoms. The van der Waals surface area contributed by atoms with E-state index in [1.54, 1.807) is 12.1 Å². The van der Waals surface area contributed by atoms with Gasteiger partial charge in [-0.2, -0.15) is 0 Å². The minimum Gasteiger partial charge on any atom is -0.494 e. The lowest BCUT2D eigenvalue weighted by Crippen LogP contribution is -2.34. The average Bonchev–Trinajstić information content (AvgIpc) is 2.69. The average molecular weight is 223 g/mol. The minimum atomic E-state index is -0.336. The van der Waals surface area contributed by atoms with Crippen molar-refractivity contribution in [3.05, 3.63) is 29.1 Å². The third-order valence-electron chi connectivity index (χ3n) is 3.53. The normalized spacial score (nSPS) is 18.8. The van der Waals surface area contributed by atoms with Gasteiger partial charge in [0.1, 0.15) is 0 Å². The van der Waals surface area contributed by atoms with Crippen LogP contribution in [-0.2, 0) is 5.54 Å². The summed E-state index contributed by atoms with van der Waals surface area (Å²) in [6, 6.07) is 3.27. The van der Waals surface area contributed by atoms with Crippen molar-refractivity contribution in [3.63, 3.8) is 0 Å². The molecule has 88 valence electrons. The molecule has 1 fully saturated rings. The quantitative estimate of drug-likeness (QED) is 0.836. The number of hydrogen-bond acceptors (Lipinski definition) is 2. The molecule has 0 unspecified atom stereocenters. The van der Waals surface area contributed by atoms with Gasteiger partial charge < -0.3 is 10.5 Å². The van der Waals surface area contributed by atoms with Gasteiger partial charge in [0.25, 0.3) is 0 Å². The third-order valence-corrected chi connectivity index (χ3v) is 3.53. The number of rotatable bonds is 2. The number of methoxy groups -OCH3 is 1. The Balaban J connectivity index is 2.45. The highest BCUT2D eigenvalue weighted by atomic mass is 19.1. The summed E-state index contributed by atoms with van der Waals surface area (Å²) < 4.78 is 18.6. The maximum Gasteiger partial charge on any atom is 0.165 e. The highest BCUT2D eigenvalue weighted by Gasteiger charge is 2.33. The fourth-order valence-corrected chi connectivity index (χ4v) is 2.62. The van der Waals surface area contributed by atoms with Gasteiger partial charge in [0, 0.05) is 5.54 Å². The molecule has 3 heteroatoms. The Morgan fingerprint density at radius 3 is 2.50 bits per heavy atom. The number of nitrogens with two attached hydrogens (primary N) is 1. The van der Waals surface area contributed by atoms with Gasteiger partial charge in [-0.05, 0) is 43.0 Å². The number of halogens is 1. The summed E-state index contributed by atoms with van der Waals surface area (Å²) in [5.41, 5.74) is 7.95. The topological polar surface area (TPSA) is 35.2 Å². The molecule has 0 aromatic heterocycles. The maximum absolute atomic E-state index is 13.7. The molecule has 0 saturated heterocycles. The highest BCUT2D eigenvalue weighted by molar-refractivity contribution is 5.40. The van der Waals surface area contributed by atoms with Gasteiger partial charge in [0.05, 0.1) is 7.11 Å². The molecule has 1 aliphatic carbocycles. The smallest absolute Gasteiger partial charge is 0.165 e. The molecule has 0 heterocycles. The van der Waals surface area contributed by atoms with Gasteiger partial charge in [-0.1, -0.05) is 12.8 Å². The number of hydrogen-bond donors (Lipinski definition) is 1. The largest absolute Gasteiger partial charge is 0.494 e. The first-order chi connectivity index (χ1) is 7.57. The molecule has 0 spiro atoms. The van der Waals surface area contributed by atoms with Crippen LogP contribution in [0.4, 0.5) is 4.39 Å². The van der Waals surface area contributed by atoms with Crippen LogP contribution in [0.2, 0.25) is 0 Å². The first-order valence-corrected chi connectivity index (χ1v) is 5.70. The van der Waals surface area contributed by atoms with Gasteiger partial charge in [-0.15, -0.1) is 0 Å². The SMILES string of the molecule is COc1cc(C)c(C2(N)CCCC2)cc1F. The summed E-state index contributed by atoms with van der Waals surface area (Å²) in [7, 11) is 1.48. The van der Waals surface area contributed by atoms with Crippen molar-refractivity contribution >= 4 is 0 Å². The van der Waals surface area contributed by atoms with E-state index in [0.717, 1.165) is 36.8 Å². The zero-order chi connectivity index (χ0) is 11.8. The lowest BCUT2D eigenvalue weighted by Gasteiger charge is -2.26. The number of ether oxygens (including phenoxy) is 1. The monoisotopic (exact) mass is 223 g/mol. The van der Waals surface area contributed by atoms with Crippen LogP contribution in [0.1, 0.15) is 36.8 Å². The summed E-state index contributed by atoms with van der Waals surface area (Å²) in [5.74, 6) is -0.0253. The molecule has 2 N–H and O–H groups in total. The summed E-state index contributed by atoms with van der Waals surface area (Å²) >= 11 is 0. The molecule has 2 nitrogen and oxygen atoms in total. The Labute approximate surface area is 95.6 Å². The summed E-state index contributed by atoms with van der Waals surface area (Å²) in [6.45, 7) is 1.96. The van der Waals surface area contributed by atoms with Crippen molar-refractivity contribution in [3.8, 4) is 5.75 Å². The van der Waals surface area contributed by atoms with E-state index < -0.39 is 0 Å². The van der Waals surface area contributed by atoms with E-state index in [-0.39, 0.29) is 11.4 Å².